The zero-order chi connectivity index (χ0) is 18.0. The summed E-state index contributed by atoms with van der Waals surface area (Å²) in [6, 6.07) is 11.9. The standard InChI is InChI=1S/C19H23N5O/c1-13(2)18(25)23(11-16-8-6-5-7-9-16)12-17-21-19-20-14(3)10-15(4)24(19)22-17/h5-10,13H,11-12H2,1-4H3. The molecule has 2 aromatic heterocycles. The highest BCUT2D eigenvalue weighted by Gasteiger charge is 2.20. The number of carbonyl (C=O) groups is 1. The van der Waals surface area contributed by atoms with Gasteiger partial charge in [-0.15, -0.1) is 5.10 Å². The summed E-state index contributed by atoms with van der Waals surface area (Å²) in [5.74, 6) is 1.18. The van der Waals surface area contributed by atoms with Gasteiger partial charge in [-0.05, 0) is 25.5 Å². The largest absolute Gasteiger partial charge is 0.331 e. The molecule has 25 heavy (non-hydrogen) atoms. The second-order valence-electron chi connectivity index (χ2n) is 6.61. The maximum atomic E-state index is 12.6. The lowest BCUT2D eigenvalue weighted by Gasteiger charge is -2.23. The molecule has 0 aliphatic heterocycles. The molecule has 0 saturated carbocycles. The van der Waals surface area contributed by atoms with Crippen molar-refractivity contribution in [3.05, 3.63) is 59.2 Å². The fourth-order valence-electron chi connectivity index (χ4n) is 2.83. The number of rotatable bonds is 5. The first-order valence-corrected chi connectivity index (χ1v) is 8.46. The molecule has 2 heterocycles. The molecule has 0 fully saturated rings. The van der Waals surface area contributed by atoms with Crippen molar-refractivity contribution in [2.45, 2.75) is 40.8 Å². The van der Waals surface area contributed by atoms with Crippen LogP contribution in [-0.4, -0.2) is 30.4 Å². The van der Waals surface area contributed by atoms with Gasteiger partial charge in [0, 0.05) is 23.9 Å². The Morgan fingerprint density at radius 1 is 1.12 bits per heavy atom. The van der Waals surface area contributed by atoms with Gasteiger partial charge in [-0.25, -0.2) is 9.50 Å². The predicted molar refractivity (Wildman–Crippen MR) is 95.8 cm³/mol. The van der Waals surface area contributed by atoms with Crippen LogP contribution in [0.1, 0.15) is 36.6 Å². The minimum atomic E-state index is -0.0807. The second kappa shape index (κ2) is 7.01. The molecule has 0 radical (unpaired) electrons. The van der Waals surface area contributed by atoms with Crippen molar-refractivity contribution in [1.29, 1.82) is 0 Å². The number of amides is 1. The van der Waals surface area contributed by atoms with Crippen molar-refractivity contribution < 1.29 is 4.79 Å². The molecule has 0 aliphatic carbocycles. The number of hydrogen-bond acceptors (Lipinski definition) is 4. The third-order valence-electron chi connectivity index (χ3n) is 4.02. The summed E-state index contributed by atoms with van der Waals surface area (Å²) in [7, 11) is 0. The van der Waals surface area contributed by atoms with Crippen molar-refractivity contribution in [2.24, 2.45) is 5.92 Å². The molecule has 6 nitrogen and oxygen atoms in total. The van der Waals surface area contributed by atoms with E-state index in [0.29, 0.717) is 24.7 Å². The van der Waals surface area contributed by atoms with Crippen LogP contribution in [0.2, 0.25) is 0 Å². The van der Waals surface area contributed by atoms with E-state index in [0.717, 1.165) is 17.0 Å². The summed E-state index contributed by atoms with van der Waals surface area (Å²) in [5.41, 5.74) is 2.97. The van der Waals surface area contributed by atoms with E-state index in [-0.39, 0.29) is 11.8 Å². The molecule has 0 spiro atoms. The lowest BCUT2D eigenvalue weighted by molar-refractivity contribution is -0.135. The fourth-order valence-corrected chi connectivity index (χ4v) is 2.83. The van der Waals surface area contributed by atoms with Gasteiger partial charge in [0.25, 0.3) is 5.78 Å². The number of benzene rings is 1. The molecule has 0 saturated heterocycles. The Morgan fingerprint density at radius 3 is 2.52 bits per heavy atom. The maximum Gasteiger partial charge on any atom is 0.252 e. The van der Waals surface area contributed by atoms with E-state index in [4.69, 9.17) is 0 Å². The molecule has 0 N–H and O–H groups in total. The van der Waals surface area contributed by atoms with Crippen LogP contribution in [0.4, 0.5) is 0 Å². The molecular weight excluding hydrogens is 314 g/mol. The van der Waals surface area contributed by atoms with Gasteiger partial charge in [0.1, 0.15) is 0 Å². The minimum Gasteiger partial charge on any atom is -0.331 e. The third kappa shape index (κ3) is 3.84. The van der Waals surface area contributed by atoms with E-state index in [2.05, 4.69) is 15.1 Å². The highest BCUT2D eigenvalue weighted by molar-refractivity contribution is 5.78. The smallest absolute Gasteiger partial charge is 0.252 e. The average Bonchev–Trinajstić information content (AvgIpc) is 2.97. The normalized spacial score (nSPS) is 11.2. The highest BCUT2D eigenvalue weighted by Crippen LogP contribution is 2.13. The van der Waals surface area contributed by atoms with Crippen LogP contribution in [0.3, 0.4) is 0 Å². The number of hydrogen-bond donors (Lipinski definition) is 0. The molecule has 3 rings (SSSR count). The summed E-state index contributed by atoms with van der Waals surface area (Å²) in [6.45, 7) is 8.64. The van der Waals surface area contributed by atoms with Crippen molar-refractivity contribution in [3.63, 3.8) is 0 Å². The van der Waals surface area contributed by atoms with E-state index in [1.54, 1.807) is 9.42 Å². The SMILES string of the molecule is Cc1cc(C)n2nc(CN(Cc3ccccc3)C(=O)C(C)C)nc2n1. The molecule has 3 aromatic rings. The summed E-state index contributed by atoms with van der Waals surface area (Å²) in [5, 5.41) is 4.53. The van der Waals surface area contributed by atoms with Gasteiger partial charge in [0.2, 0.25) is 5.91 Å². The van der Waals surface area contributed by atoms with Gasteiger partial charge >= 0.3 is 0 Å². The molecule has 1 amide bonds. The Bertz CT molecular complexity index is 885. The molecule has 6 heteroatoms. The monoisotopic (exact) mass is 337 g/mol. The van der Waals surface area contributed by atoms with E-state index in [1.807, 2.05) is 64.1 Å². The van der Waals surface area contributed by atoms with Crippen LogP contribution in [-0.2, 0) is 17.9 Å². The number of aryl methyl sites for hydroxylation is 2. The second-order valence-corrected chi connectivity index (χ2v) is 6.61. The van der Waals surface area contributed by atoms with Crippen LogP contribution in [0.5, 0.6) is 0 Å². The van der Waals surface area contributed by atoms with Crippen LogP contribution in [0.25, 0.3) is 5.78 Å². The van der Waals surface area contributed by atoms with Crippen molar-refractivity contribution in [3.8, 4) is 0 Å². The number of aromatic nitrogens is 4. The van der Waals surface area contributed by atoms with Crippen LogP contribution in [0, 0.1) is 19.8 Å². The van der Waals surface area contributed by atoms with Crippen molar-refractivity contribution in [2.75, 3.05) is 0 Å². The highest BCUT2D eigenvalue weighted by atomic mass is 16.2. The minimum absolute atomic E-state index is 0.0807. The quantitative estimate of drug-likeness (QED) is 0.718. The van der Waals surface area contributed by atoms with E-state index >= 15 is 0 Å². The zero-order valence-corrected chi connectivity index (χ0v) is 15.1. The fraction of sp³-hybridized carbons (Fsp3) is 0.368. The van der Waals surface area contributed by atoms with Crippen LogP contribution < -0.4 is 0 Å². The molecule has 0 unspecified atom stereocenters. The maximum absolute atomic E-state index is 12.6. The van der Waals surface area contributed by atoms with Gasteiger partial charge in [-0.1, -0.05) is 44.2 Å². The first-order chi connectivity index (χ1) is 11.9. The van der Waals surface area contributed by atoms with Crippen molar-refractivity contribution in [1.82, 2.24) is 24.5 Å². The first kappa shape index (κ1) is 17.1. The molecular formula is C19H23N5O. The van der Waals surface area contributed by atoms with E-state index in [9.17, 15) is 4.79 Å². The zero-order valence-electron chi connectivity index (χ0n) is 15.1. The van der Waals surface area contributed by atoms with Gasteiger partial charge in [-0.3, -0.25) is 4.79 Å². The molecule has 130 valence electrons. The van der Waals surface area contributed by atoms with Gasteiger partial charge in [0.05, 0.1) is 6.54 Å². The Labute approximate surface area is 147 Å². The Morgan fingerprint density at radius 2 is 1.84 bits per heavy atom. The Kier molecular flexibility index (Phi) is 4.79. The Hall–Kier alpha value is -2.76. The molecule has 1 aromatic carbocycles. The summed E-state index contributed by atoms with van der Waals surface area (Å²) >= 11 is 0. The molecule has 0 atom stereocenters. The lowest BCUT2D eigenvalue weighted by atomic mass is 10.1. The van der Waals surface area contributed by atoms with E-state index < -0.39 is 0 Å². The van der Waals surface area contributed by atoms with Gasteiger partial charge in [-0.2, -0.15) is 4.98 Å². The number of carbonyl (C=O) groups excluding carboxylic acids is 1. The number of fused-ring (bicyclic) bond motifs is 1. The van der Waals surface area contributed by atoms with Crippen LogP contribution >= 0.6 is 0 Å². The van der Waals surface area contributed by atoms with Gasteiger partial charge < -0.3 is 4.90 Å². The first-order valence-electron chi connectivity index (χ1n) is 8.46. The predicted octanol–water partition coefficient (Wildman–Crippen LogP) is 2.93. The topological polar surface area (TPSA) is 63.4 Å². The average molecular weight is 337 g/mol. The third-order valence-corrected chi connectivity index (χ3v) is 4.02. The molecule has 0 bridgehead atoms. The lowest BCUT2D eigenvalue weighted by Crippen LogP contribution is -2.33. The van der Waals surface area contributed by atoms with Gasteiger partial charge in [0.15, 0.2) is 5.82 Å². The van der Waals surface area contributed by atoms with Crippen molar-refractivity contribution >= 4 is 11.7 Å². The summed E-state index contributed by atoms with van der Waals surface area (Å²) < 4.78 is 1.73. The number of nitrogens with zero attached hydrogens (tertiary/aromatic N) is 5. The summed E-state index contributed by atoms with van der Waals surface area (Å²) in [6.07, 6.45) is 0. The molecule has 0 aliphatic rings. The summed E-state index contributed by atoms with van der Waals surface area (Å²) in [4.78, 5) is 23.4. The Balaban J connectivity index is 1.89. The van der Waals surface area contributed by atoms with E-state index in [1.165, 1.54) is 0 Å². The van der Waals surface area contributed by atoms with Crippen LogP contribution in [0.15, 0.2) is 36.4 Å².